The lowest BCUT2D eigenvalue weighted by Gasteiger charge is -2.06. The molecule has 112 valence electrons. The molecule has 1 N–H and O–H groups in total. The Morgan fingerprint density at radius 1 is 1.14 bits per heavy atom. The van der Waals surface area contributed by atoms with E-state index in [4.69, 9.17) is 5.11 Å². The largest absolute Gasteiger partial charge is 0.478 e. The molecule has 0 fully saturated rings. The van der Waals surface area contributed by atoms with E-state index in [1.807, 2.05) is 0 Å². The summed E-state index contributed by atoms with van der Waals surface area (Å²) < 4.78 is 0. The van der Waals surface area contributed by atoms with E-state index in [1.165, 1.54) is 48.2 Å². The van der Waals surface area contributed by atoms with Crippen LogP contribution in [0.25, 0.3) is 0 Å². The molecule has 0 bridgehead atoms. The predicted octanol–water partition coefficient (Wildman–Crippen LogP) is 3.25. The zero-order valence-corrected chi connectivity index (χ0v) is 12.3. The van der Waals surface area contributed by atoms with Crippen LogP contribution in [0, 0.1) is 10.1 Å². The number of ketones is 1. The molecule has 0 aliphatic carbocycles. The lowest BCUT2D eigenvalue weighted by atomic mass is 9.98. The second-order valence-electron chi connectivity index (χ2n) is 4.32. The molecule has 0 radical (unpaired) electrons. The summed E-state index contributed by atoms with van der Waals surface area (Å²) in [5, 5.41) is 20.2. The van der Waals surface area contributed by atoms with Gasteiger partial charge in [-0.25, -0.2) is 4.79 Å². The van der Waals surface area contributed by atoms with Crippen LogP contribution in [0.15, 0.2) is 47.4 Å². The van der Waals surface area contributed by atoms with Crippen molar-refractivity contribution in [3.63, 3.8) is 0 Å². The Morgan fingerprint density at radius 2 is 1.77 bits per heavy atom. The normalized spacial score (nSPS) is 10.2. The molecule has 2 rings (SSSR count). The zero-order valence-electron chi connectivity index (χ0n) is 11.5. The van der Waals surface area contributed by atoms with Crippen LogP contribution in [0.3, 0.4) is 0 Å². The molecular weight excluding hydrogens is 306 g/mol. The molecule has 0 spiro atoms. The van der Waals surface area contributed by atoms with Crippen molar-refractivity contribution in [1.82, 2.24) is 0 Å². The monoisotopic (exact) mass is 317 g/mol. The van der Waals surface area contributed by atoms with E-state index < -0.39 is 16.7 Å². The van der Waals surface area contributed by atoms with Gasteiger partial charge in [0, 0.05) is 17.2 Å². The van der Waals surface area contributed by atoms with Crippen molar-refractivity contribution in [3.05, 3.63) is 69.3 Å². The number of carboxylic acids is 1. The van der Waals surface area contributed by atoms with Crippen molar-refractivity contribution in [2.45, 2.75) is 4.90 Å². The summed E-state index contributed by atoms with van der Waals surface area (Å²) in [6, 6.07) is 9.89. The van der Waals surface area contributed by atoms with E-state index >= 15 is 0 Å². The standard InChI is InChI=1S/C15H11NO5S/c1-22-13-7-6-9(8-12(13)16(20)21)14(17)10-4-2-3-5-11(10)15(18)19/h2-8H,1H3,(H,18,19). The Hall–Kier alpha value is -2.67. The van der Waals surface area contributed by atoms with Gasteiger partial charge in [0.15, 0.2) is 5.78 Å². The van der Waals surface area contributed by atoms with Gasteiger partial charge >= 0.3 is 5.97 Å². The highest BCUT2D eigenvalue weighted by molar-refractivity contribution is 7.98. The Bertz CT molecular complexity index is 772. The zero-order chi connectivity index (χ0) is 16.3. The highest BCUT2D eigenvalue weighted by Crippen LogP contribution is 2.29. The smallest absolute Gasteiger partial charge is 0.336 e. The van der Waals surface area contributed by atoms with Crippen LogP contribution in [0.5, 0.6) is 0 Å². The Morgan fingerprint density at radius 3 is 2.32 bits per heavy atom. The van der Waals surface area contributed by atoms with Crippen LogP contribution in [-0.2, 0) is 0 Å². The molecule has 2 aromatic carbocycles. The molecule has 2 aromatic rings. The van der Waals surface area contributed by atoms with Crippen molar-refractivity contribution in [2.75, 3.05) is 6.26 Å². The summed E-state index contributed by atoms with van der Waals surface area (Å²) in [6.07, 6.45) is 1.70. The maximum atomic E-state index is 12.5. The van der Waals surface area contributed by atoms with Gasteiger partial charge in [-0.1, -0.05) is 18.2 Å². The molecule has 0 saturated heterocycles. The molecule has 0 aliphatic heterocycles. The summed E-state index contributed by atoms with van der Waals surface area (Å²) in [7, 11) is 0. The number of nitro groups is 1. The van der Waals surface area contributed by atoms with Crippen LogP contribution in [0.2, 0.25) is 0 Å². The lowest BCUT2D eigenvalue weighted by molar-refractivity contribution is -0.387. The molecule has 0 atom stereocenters. The number of nitrogens with zero attached hydrogens (tertiary/aromatic N) is 1. The van der Waals surface area contributed by atoms with Gasteiger partial charge in [-0.05, 0) is 24.5 Å². The molecule has 0 heterocycles. The van der Waals surface area contributed by atoms with Crippen LogP contribution < -0.4 is 0 Å². The average molecular weight is 317 g/mol. The van der Waals surface area contributed by atoms with E-state index in [1.54, 1.807) is 12.3 Å². The quantitative estimate of drug-likeness (QED) is 0.393. The van der Waals surface area contributed by atoms with E-state index in [0.29, 0.717) is 4.90 Å². The van der Waals surface area contributed by atoms with Gasteiger partial charge in [0.05, 0.1) is 15.4 Å². The Labute approximate surface area is 129 Å². The molecule has 22 heavy (non-hydrogen) atoms. The molecule has 0 saturated carbocycles. The van der Waals surface area contributed by atoms with Gasteiger partial charge in [-0.3, -0.25) is 14.9 Å². The first-order chi connectivity index (χ1) is 10.5. The molecule has 0 unspecified atom stereocenters. The van der Waals surface area contributed by atoms with Crippen molar-refractivity contribution in [2.24, 2.45) is 0 Å². The predicted molar refractivity (Wildman–Crippen MR) is 81.7 cm³/mol. The Kier molecular flexibility index (Phi) is 4.57. The second-order valence-corrected chi connectivity index (χ2v) is 5.17. The fourth-order valence-electron chi connectivity index (χ4n) is 2.00. The third-order valence-electron chi connectivity index (χ3n) is 3.04. The first-order valence-electron chi connectivity index (χ1n) is 6.15. The lowest BCUT2D eigenvalue weighted by Crippen LogP contribution is -2.10. The van der Waals surface area contributed by atoms with E-state index in [-0.39, 0.29) is 22.4 Å². The highest BCUT2D eigenvalue weighted by Gasteiger charge is 2.21. The molecule has 0 aromatic heterocycles. The number of hydrogen-bond acceptors (Lipinski definition) is 5. The van der Waals surface area contributed by atoms with E-state index in [0.717, 1.165) is 0 Å². The van der Waals surface area contributed by atoms with Crippen molar-refractivity contribution < 1.29 is 19.6 Å². The average Bonchev–Trinajstić information content (AvgIpc) is 2.53. The van der Waals surface area contributed by atoms with Gasteiger partial charge in [-0.2, -0.15) is 0 Å². The molecular formula is C15H11NO5S. The van der Waals surface area contributed by atoms with E-state index in [2.05, 4.69) is 0 Å². The first-order valence-corrected chi connectivity index (χ1v) is 7.37. The minimum atomic E-state index is -1.22. The van der Waals surface area contributed by atoms with Crippen LogP contribution >= 0.6 is 11.8 Å². The van der Waals surface area contributed by atoms with Gasteiger partial charge < -0.3 is 5.11 Å². The SMILES string of the molecule is CSc1ccc(C(=O)c2ccccc2C(=O)O)cc1[N+](=O)[O-]. The molecule has 0 aliphatic rings. The van der Waals surface area contributed by atoms with Crippen molar-refractivity contribution in [1.29, 1.82) is 0 Å². The molecule has 0 amide bonds. The number of carbonyl (C=O) groups is 2. The minimum Gasteiger partial charge on any atom is -0.478 e. The highest BCUT2D eigenvalue weighted by atomic mass is 32.2. The maximum absolute atomic E-state index is 12.5. The minimum absolute atomic E-state index is 0.00111. The van der Waals surface area contributed by atoms with Gasteiger partial charge in [0.1, 0.15) is 0 Å². The summed E-state index contributed by atoms with van der Waals surface area (Å²) >= 11 is 1.20. The summed E-state index contributed by atoms with van der Waals surface area (Å²) in [5.74, 6) is -1.78. The van der Waals surface area contributed by atoms with Crippen molar-refractivity contribution in [3.8, 4) is 0 Å². The number of aromatic carboxylic acids is 1. The number of nitro benzene ring substituents is 1. The van der Waals surface area contributed by atoms with Crippen LogP contribution in [0.1, 0.15) is 26.3 Å². The third-order valence-corrected chi connectivity index (χ3v) is 3.82. The Balaban J connectivity index is 2.53. The van der Waals surface area contributed by atoms with E-state index in [9.17, 15) is 19.7 Å². The number of hydrogen-bond donors (Lipinski definition) is 1. The van der Waals surface area contributed by atoms with Crippen LogP contribution in [0.4, 0.5) is 5.69 Å². The number of benzene rings is 2. The number of rotatable bonds is 5. The fraction of sp³-hybridized carbons (Fsp3) is 0.0667. The maximum Gasteiger partial charge on any atom is 0.336 e. The fourth-order valence-corrected chi connectivity index (χ4v) is 2.54. The summed E-state index contributed by atoms with van der Waals surface area (Å²) in [4.78, 5) is 34.6. The van der Waals surface area contributed by atoms with Gasteiger partial charge in [0.25, 0.3) is 5.69 Å². The summed E-state index contributed by atoms with van der Waals surface area (Å²) in [6.45, 7) is 0. The second kappa shape index (κ2) is 6.40. The molecule has 7 heteroatoms. The number of carbonyl (C=O) groups excluding carboxylic acids is 1. The van der Waals surface area contributed by atoms with Gasteiger partial charge in [-0.15, -0.1) is 11.8 Å². The first kappa shape index (κ1) is 15.7. The topological polar surface area (TPSA) is 97.5 Å². The van der Waals surface area contributed by atoms with Gasteiger partial charge in [0.2, 0.25) is 0 Å². The summed E-state index contributed by atoms with van der Waals surface area (Å²) in [5.41, 5.74) is -0.227. The van der Waals surface area contributed by atoms with Crippen molar-refractivity contribution >= 4 is 29.2 Å². The number of thioether (sulfide) groups is 1. The third kappa shape index (κ3) is 2.99. The van der Waals surface area contributed by atoms with Crippen LogP contribution in [-0.4, -0.2) is 28.0 Å². The number of carboxylic acid groups (broad SMARTS) is 1. The molecule has 6 nitrogen and oxygen atoms in total.